The Labute approximate surface area is 115 Å². The van der Waals surface area contributed by atoms with Gasteiger partial charge in [0, 0.05) is 5.54 Å². The molecule has 0 spiro atoms. The van der Waals surface area contributed by atoms with E-state index in [0.717, 1.165) is 32.1 Å². The van der Waals surface area contributed by atoms with Crippen LogP contribution in [0.25, 0.3) is 0 Å². The molecule has 0 aromatic carbocycles. The number of carbonyl (C=O) groups excluding carboxylic acids is 2. The third-order valence-corrected chi connectivity index (χ3v) is 5.15. The van der Waals surface area contributed by atoms with E-state index in [1.165, 1.54) is 0 Å². The van der Waals surface area contributed by atoms with Crippen LogP contribution in [0.5, 0.6) is 0 Å². The first kappa shape index (κ1) is 14.4. The van der Waals surface area contributed by atoms with Crippen LogP contribution in [0.4, 0.5) is 0 Å². The molecule has 1 aliphatic carbocycles. The maximum atomic E-state index is 12.8. The minimum absolute atomic E-state index is 0.0104. The van der Waals surface area contributed by atoms with Crippen LogP contribution < -0.4 is 5.32 Å². The van der Waals surface area contributed by atoms with Crippen molar-refractivity contribution in [2.45, 2.75) is 77.4 Å². The molecule has 108 valence electrons. The Bertz CT molecular complexity index is 364. The normalized spacial score (nSPS) is 28.5. The van der Waals surface area contributed by atoms with Gasteiger partial charge in [0.1, 0.15) is 12.1 Å². The molecule has 2 atom stereocenters. The predicted octanol–water partition coefficient (Wildman–Crippen LogP) is 2.08. The Kier molecular flexibility index (Phi) is 3.88. The Balaban J connectivity index is 2.33. The van der Waals surface area contributed by atoms with Crippen LogP contribution >= 0.6 is 0 Å². The number of nitrogens with one attached hydrogen (secondary N) is 1. The second-order valence-electron chi connectivity index (χ2n) is 5.99. The predicted molar refractivity (Wildman–Crippen MR) is 74.6 cm³/mol. The third-order valence-electron chi connectivity index (χ3n) is 5.15. The maximum Gasteiger partial charge on any atom is 0.246 e. The van der Waals surface area contributed by atoms with Gasteiger partial charge < -0.3 is 10.2 Å². The number of piperazine rings is 1. The van der Waals surface area contributed by atoms with Gasteiger partial charge in [0.2, 0.25) is 11.8 Å². The Morgan fingerprint density at radius 3 is 2.11 bits per heavy atom. The standard InChI is InChI=1S/C15H26N2O2/c1-5-15(6-2,7-3)17-10(4)13(18)16-12(14(17)19)11-8-9-11/h10-12H,5-9H2,1-4H3,(H,16,18). The van der Waals surface area contributed by atoms with Gasteiger partial charge in [-0.2, -0.15) is 0 Å². The zero-order chi connectivity index (χ0) is 14.2. The van der Waals surface area contributed by atoms with Gasteiger partial charge in [-0.15, -0.1) is 0 Å². The topological polar surface area (TPSA) is 49.4 Å². The van der Waals surface area contributed by atoms with E-state index < -0.39 is 0 Å². The van der Waals surface area contributed by atoms with E-state index in [2.05, 4.69) is 26.1 Å². The van der Waals surface area contributed by atoms with Crippen LogP contribution in [0.3, 0.4) is 0 Å². The highest BCUT2D eigenvalue weighted by Gasteiger charge is 2.50. The van der Waals surface area contributed by atoms with Gasteiger partial charge in [-0.3, -0.25) is 9.59 Å². The van der Waals surface area contributed by atoms with Gasteiger partial charge in [0.15, 0.2) is 0 Å². The van der Waals surface area contributed by atoms with Crippen molar-refractivity contribution in [1.29, 1.82) is 0 Å². The lowest BCUT2D eigenvalue weighted by molar-refractivity contribution is -0.158. The summed E-state index contributed by atoms with van der Waals surface area (Å²) in [6.07, 6.45) is 4.84. The molecule has 1 saturated heterocycles. The number of hydrogen-bond donors (Lipinski definition) is 1. The van der Waals surface area contributed by atoms with Gasteiger partial charge in [0.05, 0.1) is 0 Å². The molecular formula is C15H26N2O2. The lowest BCUT2D eigenvalue weighted by atomic mass is 9.84. The molecule has 19 heavy (non-hydrogen) atoms. The molecule has 2 unspecified atom stereocenters. The smallest absolute Gasteiger partial charge is 0.246 e. The second kappa shape index (κ2) is 5.14. The number of carbonyl (C=O) groups is 2. The van der Waals surface area contributed by atoms with Crippen LogP contribution in [0.2, 0.25) is 0 Å². The lowest BCUT2D eigenvalue weighted by Crippen LogP contribution is -2.69. The van der Waals surface area contributed by atoms with E-state index in [1.54, 1.807) is 0 Å². The van der Waals surface area contributed by atoms with E-state index in [-0.39, 0.29) is 29.4 Å². The number of amides is 2. The highest BCUT2D eigenvalue weighted by atomic mass is 16.2. The molecule has 0 bridgehead atoms. The second-order valence-corrected chi connectivity index (χ2v) is 5.99. The summed E-state index contributed by atoms with van der Waals surface area (Å²) < 4.78 is 0. The van der Waals surface area contributed by atoms with E-state index in [4.69, 9.17) is 0 Å². The summed E-state index contributed by atoms with van der Waals surface area (Å²) in [5.41, 5.74) is -0.165. The van der Waals surface area contributed by atoms with Crippen molar-refractivity contribution >= 4 is 11.8 Å². The van der Waals surface area contributed by atoms with E-state index in [1.807, 2.05) is 11.8 Å². The number of hydrogen-bond acceptors (Lipinski definition) is 2. The average Bonchev–Trinajstić information content (AvgIpc) is 3.24. The summed E-state index contributed by atoms with van der Waals surface area (Å²) in [6.45, 7) is 8.20. The fourth-order valence-electron chi connectivity index (χ4n) is 3.45. The van der Waals surface area contributed by atoms with Crippen LogP contribution in [0.1, 0.15) is 59.8 Å². The van der Waals surface area contributed by atoms with Crippen LogP contribution in [0, 0.1) is 5.92 Å². The molecule has 4 heteroatoms. The molecular weight excluding hydrogens is 240 g/mol. The molecule has 2 amide bonds. The Morgan fingerprint density at radius 1 is 1.16 bits per heavy atom. The van der Waals surface area contributed by atoms with Crippen molar-refractivity contribution in [3.05, 3.63) is 0 Å². The van der Waals surface area contributed by atoms with Crippen LogP contribution in [-0.2, 0) is 9.59 Å². The van der Waals surface area contributed by atoms with Crippen molar-refractivity contribution in [2.24, 2.45) is 5.92 Å². The molecule has 2 rings (SSSR count). The highest BCUT2D eigenvalue weighted by Crippen LogP contribution is 2.38. The van der Waals surface area contributed by atoms with E-state index >= 15 is 0 Å². The molecule has 0 radical (unpaired) electrons. The molecule has 1 heterocycles. The fourth-order valence-corrected chi connectivity index (χ4v) is 3.45. The molecule has 4 nitrogen and oxygen atoms in total. The minimum atomic E-state index is -0.345. The average molecular weight is 266 g/mol. The SMILES string of the molecule is CCC(CC)(CC)N1C(=O)C(C2CC2)NC(=O)C1C. The molecule has 2 aliphatic rings. The fraction of sp³-hybridized carbons (Fsp3) is 0.867. The number of rotatable bonds is 5. The first-order chi connectivity index (χ1) is 9.00. The first-order valence-corrected chi connectivity index (χ1v) is 7.64. The first-order valence-electron chi connectivity index (χ1n) is 7.64. The minimum Gasteiger partial charge on any atom is -0.342 e. The Hall–Kier alpha value is -1.06. The zero-order valence-electron chi connectivity index (χ0n) is 12.5. The van der Waals surface area contributed by atoms with Crippen molar-refractivity contribution in [3.8, 4) is 0 Å². The van der Waals surface area contributed by atoms with Gasteiger partial charge in [0.25, 0.3) is 0 Å². The molecule has 1 saturated carbocycles. The van der Waals surface area contributed by atoms with E-state index in [0.29, 0.717) is 5.92 Å². The van der Waals surface area contributed by atoms with Gasteiger partial charge in [-0.1, -0.05) is 20.8 Å². The summed E-state index contributed by atoms with van der Waals surface area (Å²) in [5.74, 6) is 0.520. The highest BCUT2D eigenvalue weighted by molar-refractivity contribution is 5.97. The van der Waals surface area contributed by atoms with Gasteiger partial charge in [-0.25, -0.2) is 0 Å². The van der Waals surface area contributed by atoms with Crippen molar-refractivity contribution < 1.29 is 9.59 Å². The lowest BCUT2D eigenvalue weighted by Gasteiger charge is -2.49. The number of nitrogens with zero attached hydrogens (tertiary/aromatic N) is 1. The van der Waals surface area contributed by atoms with Crippen molar-refractivity contribution in [2.75, 3.05) is 0 Å². The largest absolute Gasteiger partial charge is 0.342 e. The molecule has 0 aromatic rings. The summed E-state index contributed by atoms with van der Waals surface area (Å²) >= 11 is 0. The van der Waals surface area contributed by atoms with Crippen molar-refractivity contribution in [3.63, 3.8) is 0 Å². The quantitative estimate of drug-likeness (QED) is 0.828. The molecule has 0 aromatic heterocycles. The summed E-state index contributed by atoms with van der Waals surface area (Å²) in [7, 11) is 0. The Morgan fingerprint density at radius 2 is 1.68 bits per heavy atom. The monoisotopic (exact) mass is 266 g/mol. The molecule has 1 N–H and O–H groups in total. The van der Waals surface area contributed by atoms with Crippen LogP contribution in [0.15, 0.2) is 0 Å². The summed E-state index contributed by atoms with van der Waals surface area (Å²) in [6, 6.07) is -0.616. The van der Waals surface area contributed by atoms with E-state index in [9.17, 15) is 9.59 Å². The summed E-state index contributed by atoms with van der Waals surface area (Å²) in [5, 5.41) is 2.92. The molecule has 2 fully saturated rings. The maximum absolute atomic E-state index is 12.8. The third kappa shape index (κ3) is 2.26. The van der Waals surface area contributed by atoms with Gasteiger partial charge >= 0.3 is 0 Å². The summed E-state index contributed by atoms with van der Waals surface area (Å²) in [4.78, 5) is 26.9. The zero-order valence-corrected chi connectivity index (χ0v) is 12.5. The van der Waals surface area contributed by atoms with Crippen LogP contribution in [-0.4, -0.2) is 34.3 Å². The van der Waals surface area contributed by atoms with Gasteiger partial charge in [-0.05, 0) is 44.9 Å². The molecule has 1 aliphatic heterocycles. The van der Waals surface area contributed by atoms with Crippen molar-refractivity contribution in [1.82, 2.24) is 10.2 Å².